The van der Waals surface area contributed by atoms with Crippen LogP contribution in [0.5, 0.6) is 0 Å². The summed E-state index contributed by atoms with van der Waals surface area (Å²) in [6, 6.07) is 68.6. The van der Waals surface area contributed by atoms with Gasteiger partial charge in [-0.3, -0.25) is 4.98 Å². The lowest BCUT2D eigenvalue weighted by Gasteiger charge is -2.14. The highest BCUT2D eigenvalue weighted by molar-refractivity contribution is 6.09. The van der Waals surface area contributed by atoms with Gasteiger partial charge in [0.15, 0.2) is 5.82 Å². The minimum absolute atomic E-state index is 0.695. The number of aromatic nitrogens is 3. The van der Waals surface area contributed by atoms with Crippen molar-refractivity contribution in [2.24, 2.45) is 0 Å². The molecule has 2 heterocycles. The summed E-state index contributed by atoms with van der Waals surface area (Å²) in [5, 5.41) is 4.44. The number of para-hydroxylation sites is 1. The normalized spacial score (nSPS) is 11.3. The summed E-state index contributed by atoms with van der Waals surface area (Å²) in [6.07, 6.45) is 1.86. The van der Waals surface area contributed by atoms with Gasteiger partial charge >= 0.3 is 0 Å². The maximum absolute atomic E-state index is 5.35. The zero-order valence-corrected chi connectivity index (χ0v) is 29.4. The van der Waals surface area contributed by atoms with E-state index < -0.39 is 0 Å². The highest BCUT2D eigenvalue weighted by Crippen LogP contribution is 2.38. The Hall–Kier alpha value is -7.23. The molecular weight excluding hydrogens is 655 g/mol. The molecule has 0 fully saturated rings. The Bertz CT molecular complexity index is 2950. The van der Waals surface area contributed by atoms with Crippen molar-refractivity contribution in [3.8, 4) is 67.2 Å². The van der Waals surface area contributed by atoms with Crippen molar-refractivity contribution in [1.82, 2.24) is 15.0 Å². The van der Waals surface area contributed by atoms with E-state index >= 15 is 0 Å². The largest absolute Gasteiger partial charge is 0.256 e. The van der Waals surface area contributed by atoms with E-state index in [9.17, 15) is 0 Å². The Morgan fingerprint density at radius 2 is 0.852 bits per heavy atom. The monoisotopic (exact) mass is 687 g/mol. The van der Waals surface area contributed by atoms with Gasteiger partial charge in [0.25, 0.3) is 0 Å². The molecule has 8 aromatic carbocycles. The Kier molecular flexibility index (Phi) is 7.81. The number of benzene rings is 8. The minimum Gasteiger partial charge on any atom is -0.256 e. The average molecular weight is 688 g/mol. The van der Waals surface area contributed by atoms with E-state index in [4.69, 9.17) is 15.0 Å². The first-order valence-corrected chi connectivity index (χ1v) is 18.3. The summed E-state index contributed by atoms with van der Waals surface area (Å²) in [7, 11) is 0. The molecule has 10 aromatic rings. The predicted octanol–water partition coefficient (Wildman–Crippen LogP) is 13.3. The van der Waals surface area contributed by atoms with Crippen LogP contribution in [0.3, 0.4) is 0 Å². The third-order valence-corrected chi connectivity index (χ3v) is 10.3. The van der Waals surface area contributed by atoms with Crippen LogP contribution in [0.4, 0.5) is 0 Å². The molecule has 0 spiro atoms. The van der Waals surface area contributed by atoms with Crippen molar-refractivity contribution < 1.29 is 0 Å². The number of hydrogen-bond donors (Lipinski definition) is 0. The zero-order valence-electron chi connectivity index (χ0n) is 29.4. The van der Waals surface area contributed by atoms with E-state index in [2.05, 4.69) is 182 Å². The summed E-state index contributed by atoms with van der Waals surface area (Å²) in [4.78, 5) is 15.4. The van der Waals surface area contributed by atoms with E-state index in [1.54, 1.807) is 0 Å². The molecule has 0 radical (unpaired) electrons. The second kappa shape index (κ2) is 13.4. The van der Waals surface area contributed by atoms with Crippen molar-refractivity contribution in [2.45, 2.75) is 0 Å². The molecule has 0 aliphatic rings. The molecule has 3 nitrogen and oxygen atoms in total. The molecule has 0 aliphatic carbocycles. The number of fused-ring (bicyclic) bond motifs is 4. The summed E-state index contributed by atoms with van der Waals surface area (Å²) < 4.78 is 0. The number of rotatable bonds is 6. The molecule has 10 rings (SSSR count). The van der Waals surface area contributed by atoms with Gasteiger partial charge in [0.1, 0.15) is 0 Å². The van der Waals surface area contributed by atoms with Gasteiger partial charge in [0, 0.05) is 39.0 Å². The summed E-state index contributed by atoms with van der Waals surface area (Å²) >= 11 is 0. The number of hydrogen-bond acceptors (Lipinski definition) is 3. The molecule has 3 heteroatoms. The van der Waals surface area contributed by atoms with E-state index in [0.29, 0.717) is 5.82 Å². The van der Waals surface area contributed by atoms with Crippen molar-refractivity contribution in [1.29, 1.82) is 0 Å². The van der Waals surface area contributed by atoms with Crippen LogP contribution in [0, 0.1) is 0 Å². The molecule has 0 unspecified atom stereocenters. The molecule has 252 valence electrons. The van der Waals surface area contributed by atoms with Crippen LogP contribution in [0.25, 0.3) is 99.7 Å². The van der Waals surface area contributed by atoms with E-state index in [-0.39, 0.29) is 0 Å². The molecule has 0 atom stereocenters. The van der Waals surface area contributed by atoms with Gasteiger partial charge in [0.2, 0.25) is 0 Å². The summed E-state index contributed by atoms with van der Waals surface area (Å²) in [5.74, 6) is 0.695. The van der Waals surface area contributed by atoms with Gasteiger partial charge in [-0.05, 0) is 74.7 Å². The van der Waals surface area contributed by atoms with Crippen LogP contribution in [0.2, 0.25) is 0 Å². The molecule has 0 saturated carbocycles. The van der Waals surface area contributed by atoms with Crippen molar-refractivity contribution in [3.05, 3.63) is 200 Å². The first kappa shape index (κ1) is 31.5. The molecule has 0 bridgehead atoms. The SMILES string of the molecule is c1ccc(-c2ccc(-c3cc(-c4ccc(-c5cccc6cccnc56)cc4)cc(-c4nc(-c5ccccc5)c5ccc6ccccc6c5n4)c3)cc2)cc1. The average Bonchev–Trinajstić information content (AvgIpc) is 3.26. The maximum Gasteiger partial charge on any atom is 0.160 e. The van der Waals surface area contributed by atoms with Gasteiger partial charge in [-0.2, -0.15) is 0 Å². The lowest BCUT2D eigenvalue weighted by Crippen LogP contribution is -1.97. The first-order chi connectivity index (χ1) is 26.7. The van der Waals surface area contributed by atoms with Gasteiger partial charge in [0.05, 0.1) is 16.7 Å². The molecule has 0 amide bonds. The van der Waals surface area contributed by atoms with Crippen molar-refractivity contribution >= 4 is 32.6 Å². The first-order valence-electron chi connectivity index (χ1n) is 18.3. The van der Waals surface area contributed by atoms with Crippen LogP contribution in [0.1, 0.15) is 0 Å². The Morgan fingerprint density at radius 1 is 0.296 bits per heavy atom. The lowest BCUT2D eigenvalue weighted by atomic mass is 9.93. The van der Waals surface area contributed by atoms with Crippen LogP contribution in [-0.2, 0) is 0 Å². The zero-order chi connectivity index (χ0) is 35.8. The predicted molar refractivity (Wildman–Crippen MR) is 225 cm³/mol. The van der Waals surface area contributed by atoms with Gasteiger partial charge in [-0.25, -0.2) is 9.97 Å². The Morgan fingerprint density at radius 3 is 1.57 bits per heavy atom. The Balaban J connectivity index is 1.16. The highest BCUT2D eigenvalue weighted by Gasteiger charge is 2.16. The number of pyridine rings is 1. The summed E-state index contributed by atoms with van der Waals surface area (Å²) in [6.45, 7) is 0. The van der Waals surface area contributed by atoms with E-state index in [1.165, 1.54) is 11.1 Å². The van der Waals surface area contributed by atoms with Crippen LogP contribution in [-0.4, -0.2) is 15.0 Å². The molecular formula is C51H33N3. The fourth-order valence-electron chi connectivity index (χ4n) is 7.56. The highest BCUT2D eigenvalue weighted by atomic mass is 14.9. The molecule has 2 aromatic heterocycles. The third-order valence-electron chi connectivity index (χ3n) is 10.3. The maximum atomic E-state index is 5.35. The molecule has 54 heavy (non-hydrogen) atoms. The molecule has 0 aliphatic heterocycles. The van der Waals surface area contributed by atoms with Crippen molar-refractivity contribution in [2.75, 3.05) is 0 Å². The quantitative estimate of drug-likeness (QED) is 0.163. The van der Waals surface area contributed by atoms with Gasteiger partial charge < -0.3 is 0 Å². The van der Waals surface area contributed by atoms with Crippen molar-refractivity contribution in [3.63, 3.8) is 0 Å². The fourth-order valence-corrected chi connectivity index (χ4v) is 7.56. The van der Waals surface area contributed by atoms with Gasteiger partial charge in [-0.1, -0.05) is 164 Å². The molecule has 0 saturated heterocycles. The smallest absolute Gasteiger partial charge is 0.160 e. The molecule has 0 N–H and O–H groups in total. The topological polar surface area (TPSA) is 38.7 Å². The van der Waals surface area contributed by atoms with Crippen LogP contribution in [0.15, 0.2) is 200 Å². The Labute approximate surface area is 313 Å². The third kappa shape index (κ3) is 5.78. The number of nitrogens with zero attached hydrogens (tertiary/aromatic N) is 3. The summed E-state index contributed by atoms with van der Waals surface area (Å²) in [5.41, 5.74) is 14.0. The standard InChI is InChI=1S/C51H33N3/c1-3-11-34(12-4-1)35-20-22-36(23-21-35)42-31-43(37-24-26-39(27-25-37)45-19-9-16-40-17-10-30-52-48(40)45)33-44(32-42)51-53-49(41-14-5-2-6-15-41)47-29-28-38-13-7-8-18-46(38)50(47)54-51/h1-33H. The second-order valence-electron chi connectivity index (χ2n) is 13.6. The fraction of sp³-hybridized carbons (Fsp3) is 0. The van der Waals surface area contributed by atoms with E-state index in [0.717, 1.165) is 82.8 Å². The second-order valence-corrected chi connectivity index (χ2v) is 13.6. The lowest BCUT2D eigenvalue weighted by molar-refractivity contribution is 1.23. The van der Waals surface area contributed by atoms with Gasteiger partial charge in [-0.15, -0.1) is 0 Å². The van der Waals surface area contributed by atoms with Crippen LogP contribution < -0.4 is 0 Å². The minimum atomic E-state index is 0.695. The van der Waals surface area contributed by atoms with Crippen LogP contribution >= 0.6 is 0 Å². The van der Waals surface area contributed by atoms with E-state index in [1.807, 2.05) is 18.3 Å².